The van der Waals surface area contributed by atoms with Crippen molar-refractivity contribution in [3.8, 4) is 0 Å². The Bertz CT molecular complexity index is 310. The van der Waals surface area contributed by atoms with E-state index in [0.29, 0.717) is 12.6 Å². The maximum Gasteiger partial charge on any atom is 0.410 e. The second-order valence-electron chi connectivity index (χ2n) is 6.76. The largest absolute Gasteiger partial charge is 0.444 e. The quantitative estimate of drug-likeness (QED) is 0.850. The van der Waals surface area contributed by atoms with Crippen LogP contribution >= 0.6 is 0 Å². The molecule has 5 nitrogen and oxygen atoms in total. The van der Waals surface area contributed by atoms with Gasteiger partial charge in [-0.15, -0.1) is 0 Å². The monoisotopic (exact) mass is 272 g/mol. The fourth-order valence-electron chi connectivity index (χ4n) is 1.88. The normalized spacial score (nSPS) is 20.7. The highest BCUT2D eigenvalue weighted by atomic mass is 16.6. The van der Waals surface area contributed by atoms with Gasteiger partial charge in [0.15, 0.2) is 0 Å². The molecule has 1 atom stereocenters. The molecule has 1 heterocycles. The van der Waals surface area contributed by atoms with E-state index in [0.717, 1.165) is 19.5 Å². The van der Waals surface area contributed by atoms with Gasteiger partial charge in [0.05, 0.1) is 5.60 Å². The first-order valence-corrected chi connectivity index (χ1v) is 6.89. The van der Waals surface area contributed by atoms with Crippen molar-refractivity contribution in [2.75, 3.05) is 26.7 Å². The first-order valence-electron chi connectivity index (χ1n) is 6.89. The van der Waals surface area contributed by atoms with Crippen LogP contribution in [0.5, 0.6) is 0 Å². The predicted octanol–water partition coefficient (Wildman–Crippen LogP) is 2.01. The Morgan fingerprint density at radius 2 is 1.95 bits per heavy atom. The van der Waals surface area contributed by atoms with Gasteiger partial charge < -0.3 is 19.7 Å². The topological polar surface area (TPSA) is 50.8 Å². The number of hydrogen-bond acceptors (Lipinski definition) is 4. The number of amides is 1. The number of carbonyl (C=O) groups is 1. The SMILES string of the molecule is COC(C)(C)CNC1CCN(C(=O)OC(C)(C)C)C1. The average molecular weight is 272 g/mol. The van der Waals surface area contributed by atoms with Crippen molar-refractivity contribution in [1.29, 1.82) is 0 Å². The molecule has 0 aromatic rings. The van der Waals surface area contributed by atoms with E-state index in [1.807, 2.05) is 34.6 Å². The number of rotatable bonds is 4. The van der Waals surface area contributed by atoms with Crippen molar-refractivity contribution in [3.05, 3.63) is 0 Å². The molecule has 1 unspecified atom stereocenters. The first-order chi connectivity index (χ1) is 8.63. The molecular formula is C14H28N2O3. The van der Waals surface area contributed by atoms with Gasteiger partial charge in [0.25, 0.3) is 0 Å². The molecule has 0 spiro atoms. The van der Waals surface area contributed by atoms with Crippen molar-refractivity contribution in [3.63, 3.8) is 0 Å². The zero-order valence-corrected chi connectivity index (χ0v) is 13.1. The predicted molar refractivity (Wildman–Crippen MR) is 75.3 cm³/mol. The Balaban J connectivity index is 2.36. The third-order valence-electron chi connectivity index (χ3n) is 3.21. The van der Waals surface area contributed by atoms with Crippen LogP contribution in [0.25, 0.3) is 0 Å². The lowest BCUT2D eigenvalue weighted by Gasteiger charge is -2.26. The lowest BCUT2D eigenvalue weighted by Crippen LogP contribution is -2.44. The van der Waals surface area contributed by atoms with Gasteiger partial charge in [0.1, 0.15) is 5.60 Å². The molecule has 1 amide bonds. The van der Waals surface area contributed by atoms with Gasteiger partial charge in [-0.25, -0.2) is 4.79 Å². The van der Waals surface area contributed by atoms with Crippen molar-refractivity contribution in [2.45, 2.75) is 58.3 Å². The molecular weight excluding hydrogens is 244 g/mol. The molecule has 1 aliphatic rings. The highest BCUT2D eigenvalue weighted by Gasteiger charge is 2.30. The Kier molecular flexibility index (Phi) is 5.21. The van der Waals surface area contributed by atoms with Crippen molar-refractivity contribution < 1.29 is 14.3 Å². The average Bonchev–Trinajstić information content (AvgIpc) is 2.73. The van der Waals surface area contributed by atoms with E-state index in [1.165, 1.54) is 0 Å². The first kappa shape index (κ1) is 16.2. The van der Waals surface area contributed by atoms with Crippen LogP contribution in [0.2, 0.25) is 0 Å². The molecule has 0 aliphatic carbocycles. The summed E-state index contributed by atoms with van der Waals surface area (Å²) in [6.45, 7) is 12.0. The fourth-order valence-corrected chi connectivity index (χ4v) is 1.88. The minimum Gasteiger partial charge on any atom is -0.444 e. The van der Waals surface area contributed by atoms with Gasteiger partial charge in [-0.3, -0.25) is 0 Å². The minimum absolute atomic E-state index is 0.181. The molecule has 1 fully saturated rings. The number of methoxy groups -OCH3 is 1. The molecule has 1 rings (SSSR count). The third kappa shape index (κ3) is 5.78. The summed E-state index contributed by atoms with van der Waals surface area (Å²) in [6.07, 6.45) is 0.738. The van der Waals surface area contributed by atoms with E-state index in [-0.39, 0.29) is 11.7 Å². The summed E-state index contributed by atoms with van der Waals surface area (Å²) in [5, 5.41) is 3.45. The van der Waals surface area contributed by atoms with Gasteiger partial charge in [0.2, 0.25) is 0 Å². The van der Waals surface area contributed by atoms with Gasteiger partial charge in [-0.1, -0.05) is 0 Å². The summed E-state index contributed by atoms with van der Waals surface area (Å²) < 4.78 is 10.7. The summed E-state index contributed by atoms with van der Waals surface area (Å²) in [5.41, 5.74) is -0.611. The summed E-state index contributed by atoms with van der Waals surface area (Å²) in [4.78, 5) is 13.7. The zero-order valence-electron chi connectivity index (χ0n) is 13.1. The summed E-state index contributed by atoms with van der Waals surface area (Å²) in [5.74, 6) is 0. The third-order valence-corrected chi connectivity index (χ3v) is 3.21. The molecule has 112 valence electrons. The van der Waals surface area contributed by atoms with Crippen LogP contribution < -0.4 is 5.32 Å². The zero-order chi connectivity index (χ0) is 14.7. The minimum atomic E-state index is -0.430. The van der Waals surface area contributed by atoms with Crippen LogP contribution in [-0.4, -0.2) is 55.0 Å². The molecule has 0 aromatic heterocycles. The molecule has 0 radical (unpaired) electrons. The molecule has 1 saturated heterocycles. The molecule has 1 aliphatic heterocycles. The molecule has 1 N–H and O–H groups in total. The second kappa shape index (κ2) is 6.09. The van der Waals surface area contributed by atoms with Gasteiger partial charge in [0, 0.05) is 32.8 Å². The van der Waals surface area contributed by atoms with E-state index >= 15 is 0 Å². The van der Waals surface area contributed by atoms with Crippen molar-refractivity contribution in [1.82, 2.24) is 10.2 Å². The highest BCUT2D eigenvalue weighted by Crippen LogP contribution is 2.16. The second-order valence-corrected chi connectivity index (χ2v) is 6.76. The van der Waals surface area contributed by atoms with Gasteiger partial charge in [-0.05, 0) is 41.0 Å². The molecule has 19 heavy (non-hydrogen) atoms. The van der Waals surface area contributed by atoms with Crippen LogP contribution in [0.4, 0.5) is 4.79 Å². The number of carbonyl (C=O) groups excluding carboxylic acids is 1. The maximum absolute atomic E-state index is 11.9. The van der Waals surface area contributed by atoms with Crippen molar-refractivity contribution in [2.24, 2.45) is 0 Å². The van der Waals surface area contributed by atoms with Crippen LogP contribution in [0.15, 0.2) is 0 Å². The van der Waals surface area contributed by atoms with E-state index in [9.17, 15) is 4.79 Å². The lowest BCUT2D eigenvalue weighted by molar-refractivity contribution is 0.0203. The van der Waals surface area contributed by atoms with Crippen LogP contribution in [-0.2, 0) is 9.47 Å². The Labute approximate surface area is 116 Å². The van der Waals surface area contributed by atoms with E-state index in [1.54, 1.807) is 12.0 Å². The Hall–Kier alpha value is -0.810. The van der Waals surface area contributed by atoms with E-state index in [4.69, 9.17) is 9.47 Å². The Morgan fingerprint density at radius 3 is 2.47 bits per heavy atom. The van der Waals surface area contributed by atoms with E-state index in [2.05, 4.69) is 5.32 Å². The Morgan fingerprint density at radius 1 is 1.32 bits per heavy atom. The number of hydrogen-bond donors (Lipinski definition) is 1. The highest BCUT2D eigenvalue weighted by molar-refractivity contribution is 5.68. The van der Waals surface area contributed by atoms with E-state index < -0.39 is 5.60 Å². The van der Waals surface area contributed by atoms with Crippen molar-refractivity contribution >= 4 is 6.09 Å². The molecule has 0 saturated carbocycles. The van der Waals surface area contributed by atoms with Gasteiger partial charge in [-0.2, -0.15) is 0 Å². The fraction of sp³-hybridized carbons (Fsp3) is 0.929. The van der Waals surface area contributed by atoms with Crippen LogP contribution in [0.3, 0.4) is 0 Å². The van der Waals surface area contributed by atoms with Crippen LogP contribution in [0.1, 0.15) is 41.0 Å². The number of nitrogens with one attached hydrogen (secondary N) is 1. The summed E-state index contributed by atoms with van der Waals surface area (Å²) >= 11 is 0. The number of likely N-dealkylation sites (tertiary alicyclic amines) is 1. The standard InChI is InChI=1S/C14H28N2O3/c1-13(2,3)19-12(17)16-8-7-11(9-16)15-10-14(4,5)18-6/h11,15H,7-10H2,1-6H3. The maximum atomic E-state index is 11.9. The molecule has 0 bridgehead atoms. The number of ether oxygens (including phenoxy) is 2. The molecule has 0 aromatic carbocycles. The van der Waals surface area contributed by atoms with Crippen LogP contribution in [0, 0.1) is 0 Å². The molecule has 5 heteroatoms. The summed E-state index contributed by atoms with van der Waals surface area (Å²) in [6, 6.07) is 0.321. The van der Waals surface area contributed by atoms with Gasteiger partial charge >= 0.3 is 6.09 Å². The lowest BCUT2D eigenvalue weighted by atomic mass is 10.1. The number of nitrogens with zero attached hydrogens (tertiary/aromatic N) is 1. The smallest absolute Gasteiger partial charge is 0.410 e. The summed E-state index contributed by atoms with van der Waals surface area (Å²) in [7, 11) is 1.71.